The van der Waals surface area contributed by atoms with Crippen LogP contribution in [-0.4, -0.2) is 14.8 Å². The molecule has 21 heavy (non-hydrogen) atoms. The van der Waals surface area contributed by atoms with Crippen molar-refractivity contribution >= 4 is 27.6 Å². The van der Waals surface area contributed by atoms with Gasteiger partial charge in [-0.25, -0.2) is 4.98 Å². The van der Waals surface area contributed by atoms with E-state index in [1.807, 2.05) is 12.1 Å². The van der Waals surface area contributed by atoms with Gasteiger partial charge in [-0.05, 0) is 25.3 Å². The minimum Gasteiger partial charge on any atom is -0.382 e. The first-order chi connectivity index (χ1) is 10.3. The van der Waals surface area contributed by atoms with Crippen molar-refractivity contribution in [1.82, 2.24) is 14.8 Å². The van der Waals surface area contributed by atoms with E-state index in [0.717, 1.165) is 35.8 Å². The van der Waals surface area contributed by atoms with Crippen LogP contribution in [0.3, 0.4) is 0 Å². The molecule has 0 unspecified atom stereocenters. The van der Waals surface area contributed by atoms with Crippen LogP contribution < -0.4 is 5.73 Å². The molecule has 1 aromatic carbocycles. The summed E-state index contributed by atoms with van der Waals surface area (Å²) in [5.74, 6) is 0.538. The number of pyridine rings is 1. The highest BCUT2D eigenvalue weighted by molar-refractivity contribution is 6.09. The van der Waals surface area contributed by atoms with Gasteiger partial charge < -0.3 is 5.73 Å². The van der Waals surface area contributed by atoms with Gasteiger partial charge in [0, 0.05) is 23.0 Å². The predicted molar refractivity (Wildman–Crippen MR) is 88.3 cm³/mol. The molecule has 3 rings (SSSR count). The number of hydrogen-bond donors (Lipinski definition) is 1. The summed E-state index contributed by atoms with van der Waals surface area (Å²) in [6.07, 6.45) is 4.46. The molecular weight excluding hydrogens is 260 g/mol. The molecule has 0 atom stereocenters. The molecule has 0 fully saturated rings. The Morgan fingerprint density at radius 1 is 1.14 bits per heavy atom. The van der Waals surface area contributed by atoms with E-state index < -0.39 is 0 Å². The fourth-order valence-corrected chi connectivity index (χ4v) is 2.92. The van der Waals surface area contributed by atoms with E-state index in [1.165, 1.54) is 23.9 Å². The van der Waals surface area contributed by atoms with Crippen LogP contribution in [0.25, 0.3) is 21.8 Å². The number of anilines is 1. The third kappa shape index (κ3) is 2.35. The molecule has 0 aliphatic carbocycles. The number of rotatable bonds is 5. The van der Waals surface area contributed by atoms with Crippen molar-refractivity contribution in [1.29, 1.82) is 0 Å². The summed E-state index contributed by atoms with van der Waals surface area (Å²) in [6, 6.07) is 8.20. The zero-order valence-corrected chi connectivity index (χ0v) is 12.8. The van der Waals surface area contributed by atoms with Crippen molar-refractivity contribution in [3.63, 3.8) is 0 Å². The van der Waals surface area contributed by atoms with Crippen LogP contribution in [0.15, 0.2) is 24.3 Å². The topological polar surface area (TPSA) is 56.7 Å². The second-order valence-corrected chi connectivity index (χ2v) is 5.51. The van der Waals surface area contributed by atoms with Crippen LogP contribution >= 0.6 is 0 Å². The van der Waals surface area contributed by atoms with Crippen LogP contribution in [0, 0.1) is 0 Å². The van der Waals surface area contributed by atoms with Crippen molar-refractivity contribution in [2.24, 2.45) is 0 Å². The number of unbranched alkanes of at least 4 members (excludes halogenated alkanes) is 1. The van der Waals surface area contributed by atoms with Crippen LogP contribution in [0.2, 0.25) is 0 Å². The van der Waals surface area contributed by atoms with Gasteiger partial charge in [-0.15, -0.1) is 0 Å². The van der Waals surface area contributed by atoms with E-state index in [4.69, 9.17) is 10.8 Å². The Labute approximate surface area is 125 Å². The quantitative estimate of drug-likeness (QED) is 0.771. The smallest absolute Gasteiger partial charge is 0.152 e. The monoisotopic (exact) mass is 282 g/mol. The number of nitrogens with zero attached hydrogens (tertiary/aromatic N) is 3. The number of aryl methyl sites for hydroxylation is 2. The second-order valence-electron chi connectivity index (χ2n) is 5.51. The van der Waals surface area contributed by atoms with Crippen LogP contribution in [0.4, 0.5) is 5.82 Å². The SMILES string of the molecule is CCCCc1c2c(nn1CCC)c(N)nc1ccccc12. The predicted octanol–water partition coefficient (Wildman–Crippen LogP) is 3.92. The summed E-state index contributed by atoms with van der Waals surface area (Å²) >= 11 is 0. The maximum absolute atomic E-state index is 6.14. The molecule has 0 saturated heterocycles. The normalized spacial score (nSPS) is 11.5. The molecule has 0 radical (unpaired) electrons. The zero-order chi connectivity index (χ0) is 14.8. The molecule has 0 spiro atoms. The summed E-state index contributed by atoms with van der Waals surface area (Å²) in [5.41, 5.74) is 9.26. The minimum absolute atomic E-state index is 0.538. The number of aromatic nitrogens is 3. The molecule has 0 aliphatic rings. The van der Waals surface area contributed by atoms with Gasteiger partial charge in [0.05, 0.1) is 5.52 Å². The first-order valence-corrected chi connectivity index (χ1v) is 7.79. The Morgan fingerprint density at radius 3 is 2.71 bits per heavy atom. The molecular formula is C17H22N4. The van der Waals surface area contributed by atoms with Gasteiger partial charge in [-0.3, -0.25) is 4.68 Å². The van der Waals surface area contributed by atoms with Crippen molar-refractivity contribution in [3.05, 3.63) is 30.0 Å². The molecule has 0 saturated carbocycles. The Kier molecular flexibility index (Phi) is 3.78. The third-order valence-electron chi connectivity index (χ3n) is 3.92. The summed E-state index contributed by atoms with van der Waals surface area (Å²) < 4.78 is 2.13. The summed E-state index contributed by atoms with van der Waals surface area (Å²) in [4.78, 5) is 4.50. The van der Waals surface area contributed by atoms with Gasteiger partial charge >= 0.3 is 0 Å². The maximum Gasteiger partial charge on any atom is 0.152 e. The first-order valence-electron chi connectivity index (χ1n) is 7.79. The fourth-order valence-electron chi connectivity index (χ4n) is 2.92. The summed E-state index contributed by atoms with van der Waals surface area (Å²) in [6.45, 7) is 5.33. The molecule has 4 nitrogen and oxygen atoms in total. The standard InChI is InChI=1S/C17H22N4/c1-3-5-10-14-15-12-8-6-7-9-13(12)19-17(18)16(15)20-21(14)11-4-2/h6-9H,3-5,10-11H2,1-2H3,(H2,18,19). The zero-order valence-electron chi connectivity index (χ0n) is 12.8. The lowest BCUT2D eigenvalue weighted by Gasteiger charge is -2.07. The number of benzene rings is 1. The Bertz CT molecular complexity index is 773. The molecule has 0 amide bonds. The van der Waals surface area contributed by atoms with Crippen LogP contribution in [0.1, 0.15) is 38.8 Å². The van der Waals surface area contributed by atoms with Gasteiger partial charge in [0.25, 0.3) is 0 Å². The van der Waals surface area contributed by atoms with Crippen molar-refractivity contribution in [2.75, 3.05) is 5.73 Å². The molecule has 0 bridgehead atoms. The van der Waals surface area contributed by atoms with E-state index in [0.29, 0.717) is 5.82 Å². The van der Waals surface area contributed by atoms with Crippen LogP contribution in [-0.2, 0) is 13.0 Å². The second kappa shape index (κ2) is 5.72. The maximum atomic E-state index is 6.14. The molecule has 110 valence electrons. The summed E-state index contributed by atoms with van der Waals surface area (Å²) in [5, 5.41) is 7.09. The van der Waals surface area contributed by atoms with E-state index in [1.54, 1.807) is 0 Å². The largest absolute Gasteiger partial charge is 0.382 e. The highest BCUT2D eigenvalue weighted by atomic mass is 15.3. The lowest BCUT2D eigenvalue weighted by atomic mass is 10.1. The van der Waals surface area contributed by atoms with Crippen molar-refractivity contribution in [2.45, 2.75) is 46.1 Å². The lowest BCUT2D eigenvalue weighted by Crippen LogP contribution is -2.04. The molecule has 0 aliphatic heterocycles. The van der Waals surface area contributed by atoms with Gasteiger partial charge in [-0.2, -0.15) is 5.10 Å². The lowest BCUT2D eigenvalue weighted by molar-refractivity contribution is 0.571. The third-order valence-corrected chi connectivity index (χ3v) is 3.92. The fraction of sp³-hybridized carbons (Fsp3) is 0.412. The average molecular weight is 282 g/mol. The number of hydrogen-bond acceptors (Lipinski definition) is 3. The van der Waals surface area contributed by atoms with E-state index in [9.17, 15) is 0 Å². The van der Waals surface area contributed by atoms with Crippen LogP contribution in [0.5, 0.6) is 0 Å². The van der Waals surface area contributed by atoms with Gasteiger partial charge in [0.1, 0.15) is 5.52 Å². The van der Waals surface area contributed by atoms with Crippen molar-refractivity contribution in [3.8, 4) is 0 Å². The molecule has 2 N–H and O–H groups in total. The van der Waals surface area contributed by atoms with Gasteiger partial charge in [0.15, 0.2) is 5.82 Å². The minimum atomic E-state index is 0.538. The van der Waals surface area contributed by atoms with Gasteiger partial charge in [0.2, 0.25) is 0 Å². The summed E-state index contributed by atoms with van der Waals surface area (Å²) in [7, 11) is 0. The Balaban J connectivity index is 2.34. The average Bonchev–Trinajstić information content (AvgIpc) is 2.85. The Morgan fingerprint density at radius 2 is 1.95 bits per heavy atom. The van der Waals surface area contributed by atoms with E-state index >= 15 is 0 Å². The number of nitrogens with two attached hydrogens (primary N) is 1. The molecule has 2 aromatic heterocycles. The highest BCUT2D eigenvalue weighted by Crippen LogP contribution is 2.31. The highest BCUT2D eigenvalue weighted by Gasteiger charge is 2.16. The number of nitrogen functional groups attached to an aromatic ring is 1. The van der Waals surface area contributed by atoms with Crippen molar-refractivity contribution < 1.29 is 0 Å². The molecule has 2 heterocycles. The molecule has 3 aromatic rings. The number of fused-ring (bicyclic) bond motifs is 3. The van der Waals surface area contributed by atoms with E-state index in [2.05, 4.69) is 35.6 Å². The number of para-hydroxylation sites is 1. The molecule has 4 heteroatoms. The first kappa shape index (κ1) is 13.9. The van der Waals surface area contributed by atoms with E-state index in [-0.39, 0.29) is 0 Å². The van der Waals surface area contributed by atoms with Gasteiger partial charge in [-0.1, -0.05) is 38.5 Å². The Hall–Kier alpha value is -2.10.